The highest BCUT2D eigenvalue weighted by Gasteiger charge is 2.03. The summed E-state index contributed by atoms with van der Waals surface area (Å²) in [6.07, 6.45) is 0. The van der Waals surface area contributed by atoms with Gasteiger partial charge >= 0.3 is 0 Å². The summed E-state index contributed by atoms with van der Waals surface area (Å²) in [7, 11) is 0. The molecule has 3 nitrogen and oxygen atoms in total. The molecule has 2 aromatic rings. The molecule has 0 bridgehead atoms. The molecule has 2 rings (SSSR count). The van der Waals surface area contributed by atoms with E-state index in [0.717, 1.165) is 10.8 Å². The van der Waals surface area contributed by atoms with Crippen LogP contribution in [0, 0.1) is 0 Å². The Balaban J connectivity index is 2.50. The first kappa shape index (κ1) is 9.80. The van der Waals surface area contributed by atoms with Gasteiger partial charge in [-0.1, -0.05) is 24.3 Å². The third kappa shape index (κ3) is 2.02. The monoisotopic (exact) mass is 204 g/mol. The number of aliphatic hydroxyl groups is 1. The number of fused-ring (bicyclic) bond motifs is 1. The molecule has 0 aliphatic heterocycles. The molecule has 0 radical (unpaired) electrons. The Bertz CT molecular complexity index is 465. The number of hydrogen-bond acceptors (Lipinski definition) is 3. The van der Waals surface area contributed by atoms with Gasteiger partial charge in [0.1, 0.15) is 18.1 Å². The summed E-state index contributed by atoms with van der Waals surface area (Å²) in [4.78, 5) is 0. The molecule has 15 heavy (non-hydrogen) atoms. The zero-order valence-electron chi connectivity index (χ0n) is 8.18. The van der Waals surface area contributed by atoms with Gasteiger partial charge in [-0.2, -0.15) is 0 Å². The molecule has 0 unspecified atom stereocenters. The SMILES string of the molecule is OCCOc1cc(O)cc2ccccc12. The van der Waals surface area contributed by atoms with Gasteiger partial charge in [0.25, 0.3) is 0 Å². The van der Waals surface area contributed by atoms with E-state index >= 15 is 0 Å². The highest BCUT2D eigenvalue weighted by Crippen LogP contribution is 2.30. The first-order valence-electron chi connectivity index (χ1n) is 4.76. The molecule has 78 valence electrons. The topological polar surface area (TPSA) is 49.7 Å². The molecule has 0 aromatic heterocycles. The van der Waals surface area contributed by atoms with Crippen LogP contribution in [0.5, 0.6) is 11.5 Å². The van der Waals surface area contributed by atoms with E-state index in [1.807, 2.05) is 24.3 Å². The Hall–Kier alpha value is -1.74. The Morgan fingerprint density at radius 1 is 1.13 bits per heavy atom. The normalized spacial score (nSPS) is 10.5. The number of rotatable bonds is 3. The van der Waals surface area contributed by atoms with E-state index in [2.05, 4.69) is 0 Å². The third-order valence-corrected chi connectivity index (χ3v) is 2.16. The molecular weight excluding hydrogens is 192 g/mol. The van der Waals surface area contributed by atoms with Gasteiger partial charge in [0.2, 0.25) is 0 Å². The van der Waals surface area contributed by atoms with Crippen LogP contribution < -0.4 is 4.74 Å². The summed E-state index contributed by atoms with van der Waals surface area (Å²) in [5.41, 5.74) is 0. The number of phenols is 1. The largest absolute Gasteiger partial charge is 0.508 e. The number of phenolic OH excluding ortho intramolecular Hbond substituents is 1. The molecule has 0 heterocycles. The van der Waals surface area contributed by atoms with Crippen molar-refractivity contribution in [2.45, 2.75) is 0 Å². The van der Waals surface area contributed by atoms with Crippen LogP contribution in [0.4, 0.5) is 0 Å². The van der Waals surface area contributed by atoms with Gasteiger partial charge in [0.15, 0.2) is 0 Å². The first-order chi connectivity index (χ1) is 7.31. The fraction of sp³-hybridized carbons (Fsp3) is 0.167. The maximum absolute atomic E-state index is 9.47. The van der Waals surface area contributed by atoms with Crippen LogP contribution in [-0.4, -0.2) is 23.4 Å². The van der Waals surface area contributed by atoms with Crippen molar-refractivity contribution in [1.82, 2.24) is 0 Å². The summed E-state index contributed by atoms with van der Waals surface area (Å²) >= 11 is 0. The number of ether oxygens (including phenoxy) is 1. The summed E-state index contributed by atoms with van der Waals surface area (Å²) in [5, 5.41) is 20.0. The molecule has 3 heteroatoms. The van der Waals surface area contributed by atoms with Crippen molar-refractivity contribution in [2.75, 3.05) is 13.2 Å². The molecule has 0 saturated carbocycles. The second kappa shape index (κ2) is 4.19. The maximum Gasteiger partial charge on any atom is 0.130 e. The lowest BCUT2D eigenvalue weighted by molar-refractivity contribution is 0.202. The quantitative estimate of drug-likeness (QED) is 0.803. The Kier molecular flexibility index (Phi) is 2.74. The van der Waals surface area contributed by atoms with E-state index in [-0.39, 0.29) is 19.0 Å². The molecule has 0 spiro atoms. The lowest BCUT2D eigenvalue weighted by Gasteiger charge is -2.08. The highest BCUT2D eigenvalue weighted by atomic mass is 16.5. The number of aliphatic hydroxyl groups excluding tert-OH is 1. The number of hydrogen-bond donors (Lipinski definition) is 2. The van der Waals surface area contributed by atoms with Crippen molar-refractivity contribution in [1.29, 1.82) is 0 Å². The third-order valence-electron chi connectivity index (χ3n) is 2.16. The maximum atomic E-state index is 9.47. The lowest BCUT2D eigenvalue weighted by atomic mass is 10.1. The van der Waals surface area contributed by atoms with Crippen molar-refractivity contribution >= 4 is 10.8 Å². The minimum atomic E-state index is -0.0377. The molecule has 0 atom stereocenters. The van der Waals surface area contributed by atoms with Gasteiger partial charge in [-0.3, -0.25) is 0 Å². The molecule has 0 aliphatic carbocycles. The van der Waals surface area contributed by atoms with Crippen molar-refractivity contribution < 1.29 is 14.9 Å². The minimum absolute atomic E-state index is 0.0377. The van der Waals surface area contributed by atoms with Crippen LogP contribution >= 0.6 is 0 Å². The molecule has 2 N–H and O–H groups in total. The minimum Gasteiger partial charge on any atom is -0.508 e. The Labute approximate surface area is 87.5 Å². The van der Waals surface area contributed by atoms with Crippen molar-refractivity contribution in [3.05, 3.63) is 36.4 Å². The first-order valence-corrected chi connectivity index (χ1v) is 4.76. The molecule has 0 aliphatic rings. The fourth-order valence-electron chi connectivity index (χ4n) is 1.54. The van der Waals surface area contributed by atoms with Gasteiger partial charge < -0.3 is 14.9 Å². The second-order valence-electron chi connectivity index (χ2n) is 3.24. The van der Waals surface area contributed by atoms with E-state index in [1.54, 1.807) is 12.1 Å². The second-order valence-corrected chi connectivity index (χ2v) is 3.24. The van der Waals surface area contributed by atoms with Crippen LogP contribution in [0.1, 0.15) is 0 Å². The van der Waals surface area contributed by atoms with Gasteiger partial charge in [-0.15, -0.1) is 0 Å². The van der Waals surface area contributed by atoms with Gasteiger partial charge in [0, 0.05) is 11.5 Å². The summed E-state index contributed by atoms with van der Waals surface area (Å²) < 4.78 is 5.34. The predicted octanol–water partition coefficient (Wildman–Crippen LogP) is 1.92. The van der Waals surface area contributed by atoms with E-state index in [1.165, 1.54) is 0 Å². The van der Waals surface area contributed by atoms with Crippen LogP contribution in [0.25, 0.3) is 10.8 Å². The lowest BCUT2D eigenvalue weighted by Crippen LogP contribution is -2.01. The Morgan fingerprint density at radius 2 is 1.93 bits per heavy atom. The van der Waals surface area contributed by atoms with Gasteiger partial charge in [-0.05, 0) is 11.5 Å². The van der Waals surface area contributed by atoms with E-state index in [4.69, 9.17) is 9.84 Å². The van der Waals surface area contributed by atoms with Crippen molar-refractivity contribution in [2.24, 2.45) is 0 Å². The van der Waals surface area contributed by atoms with E-state index in [9.17, 15) is 5.11 Å². The Morgan fingerprint density at radius 3 is 2.73 bits per heavy atom. The van der Waals surface area contributed by atoms with E-state index < -0.39 is 0 Å². The van der Waals surface area contributed by atoms with Gasteiger partial charge in [0.05, 0.1) is 6.61 Å². The molecule has 0 saturated heterocycles. The number of aromatic hydroxyl groups is 1. The van der Waals surface area contributed by atoms with Crippen molar-refractivity contribution in [3.63, 3.8) is 0 Å². The zero-order valence-corrected chi connectivity index (χ0v) is 8.18. The van der Waals surface area contributed by atoms with Crippen LogP contribution in [0.15, 0.2) is 36.4 Å². The predicted molar refractivity (Wildman–Crippen MR) is 58.2 cm³/mol. The molecule has 0 amide bonds. The molecular formula is C12H12O3. The molecule has 2 aromatic carbocycles. The summed E-state index contributed by atoms with van der Waals surface area (Å²) in [5.74, 6) is 0.765. The highest BCUT2D eigenvalue weighted by molar-refractivity contribution is 5.89. The van der Waals surface area contributed by atoms with Crippen LogP contribution in [0.2, 0.25) is 0 Å². The summed E-state index contributed by atoms with van der Waals surface area (Å²) in [6, 6.07) is 10.9. The number of benzene rings is 2. The zero-order chi connectivity index (χ0) is 10.7. The standard InChI is InChI=1S/C12H12O3/c13-5-6-15-12-8-10(14)7-9-3-1-2-4-11(9)12/h1-4,7-8,13-14H,5-6H2. The van der Waals surface area contributed by atoms with E-state index in [0.29, 0.717) is 5.75 Å². The van der Waals surface area contributed by atoms with Gasteiger partial charge in [-0.25, -0.2) is 0 Å². The summed E-state index contributed by atoms with van der Waals surface area (Å²) in [6.45, 7) is 0.192. The van der Waals surface area contributed by atoms with Crippen LogP contribution in [0.3, 0.4) is 0 Å². The smallest absolute Gasteiger partial charge is 0.130 e. The average molecular weight is 204 g/mol. The fourth-order valence-corrected chi connectivity index (χ4v) is 1.54. The van der Waals surface area contributed by atoms with Crippen LogP contribution in [-0.2, 0) is 0 Å². The van der Waals surface area contributed by atoms with Crippen molar-refractivity contribution in [3.8, 4) is 11.5 Å². The molecule has 0 fully saturated rings. The average Bonchev–Trinajstić information content (AvgIpc) is 2.25.